The molecule has 0 N–H and O–H groups in total. The van der Waals surface area contributed by atoms with E-state index < -0.39 is 21.9 Å². The van der Waals surface area contributed by atoms with Crippen molar-refractivity contribution in [1.82, 2.24) is 18.9 Å². The van der Waals surface area contributed by atoms with E-state index in [1.165, 1.54) is 10.4 Å². The van der Waals surface area contributed by atoms with Gasteiger partial charge in [-0.15, -0.1) is 0 Å². The summed E-state index contributed by atoms with van der Waals surface area (Å²) in [6.07, 6.45) is -2.91. The summed E-state index contributed by atoms with van der Waals surface area (Å²) in [5.74, 6) is -0.392. The van der Waals surface area contributed by atoms with Gasteiger partial charge in [0.25, 0.3) is 0 Å². The average molecular weight is 376 g/mol. The Hall–Kier alpha value is -1.68. The maximum Gasteiger partial charge on any atom is 0.433 e. The van der Waals surface area contributed by atoms with Crippen molar-refractivity contribution >= 4 is 15.7 Å². The molecule has 0 bridgehead atoms. The van der Waals surface area contributed by atoms with Crippen LogP contribution in [0.25, 0.3) is 5.65 Å². The normalized spacial score (nSPS) is 20.0. The van der Waals surface area contributed by atoms with E-state index in [1.807, 2.05) is 0 Å². The highest BCUT2D eigenvalue weighted by molar-refractivity contribution is 7.88. The summed E-state index contributed by atoms with van der Waals surface area (Å²) >= 11 is 0. The number of sulfonamides is 1. The molecule has 138 valence electrons. The van der Waals surface area contributed by atoms with E-state index in [1.54, 1.807) is 13.8 Å². The van der Waals surface area contributed by atoms with Gasteiger partial charge in [0, 0.05) is 30.8 Å². The zero-order chi connectivity index (χ0) is 18.6. The lowest BCUT2D eigenvalue weighted by Gasteiger charge is -2.12. The maximum atomic E-state index is 13.4. The molecule has 6 nitrogen and oxygen atoms in total. The van der Waals surface area contributed by atoms with Crippen LogP contribution in [-0.4, -0.2) is 46.7 Å². The molecular weight excluding hydrogens is 357 g/mol. The van der Waals surface area contributed by atoms with Gasteiger partial charge in [0.15, 0.2) is 5.65 Å². The molecule has 1 fully saturated rings. The third kappa shape index (κ3) is 3.50. The summed E-state index contributed by atoms with van der Waals surface area (Å²) in [6.45, 7) is 4.11. The number of alkyl halides is 3. The lowest BCUT2D eigenvalue weighted by molar-refractivity contribution is -0.142. The average Bonchev–Trinajstić information content (AvgIpc) is 3.10. The summed E-state index contributed by atoms with van der Waals surface area (Å²) in [6, 6.07) is 2.55. The highest BCUT2D eigenvalue weighted by atomic mass is 32.2. The Labute approximate surface area is 143 Å². The Kier molecular flexibility index (Phi) is 4.31. The second kappa shape index (κ2) is 5.94. The molecule has 1 saturated heterocycles. The molecule has 1 aliphatic heterocycles. The molecule has 2 aromatic rings. The molecule has 3 heterocycles. The molecule has 1 aliphatic rings. The van der Waals surface area contributed by atoms with Gasteiger partial charge in [-0.1, -0.05) is 13.8 Å². The van der Waals surface area contributed by atoms with Gasteiger partial charge in [0.2, 0.25) is 10.0 Å². The third-order valence-electron chi connectivity index (χ3n) is 4.39. The molecule has 0 saturated carbocycles. The lowest BCUT2D eigenvalue weighted by Crippen LogP contribution is -2.27. The van der Waals surface area contributed by atoms with E-state index in [2.05, 4.69) is 10.1 Å². The zero-order valence-electron chi connectivity index (χ0n) is 14.1. The predicted molar refractivity (Wildman–Crippen MR) is 85.9 cm³/mol. The van der Waals surface area contributed by atoms with Crippen LogP contribution in [-0.2, 0) is 16.2 Å². The molecule has 2 aromatic heterocycles. The Morgan fingerprint density at radius 3 is 2.48 bits per heavy atom. The van der Waals surface area contributed by atoms with Crippen LogP contribution in [0.4, 0.5) is 13.2 Å². The first-order valence-corrected chi connectivity index (χ1v) is 9.74. The van der Waals surface area contributed by atoms with Crippen LogP contribution in [0.3, 0.4) is 0 Å². The van der Waals surface area contributed by atoms with Gasteiger partial charge in [-0.05, 0) is 18.4 Å². The molecule has 10 heteroatoms. The van der Waals surface area contributed by atoms with Gasteiger partial charge in [-0.25, -0.2) is 22.2 Å². The standard InChI is InChI=1S/C15H19F3N4O2S/c1-9(2)11-6-13(15(16,17)18)22-14(19-11)7-12(20-22)10-4-5-21(8-10)25(3,23)24/h6-7,9-10H,4-5,8H2,1-3H3/t10-/m0/s1. The van der Waals surface area contributed by atoms with Crippen LogP contribution in [0.5, 0.6) is 0 Å². The summed E-state index contributed by atoms with van der Waals surface area (Å²) < 4.78 is 65.6. The van der Waals surface area contributed by atoms with Crippen LogP contribution >= 0.6 is 0 Å². The van der Waals surface area contributed by atoms with Crippen LogP contribution in [0.1, 0.15) is 49.2 Å². The number of halogens is 3. The number of hydrogen-bond acceptors (Lipinski definition) is 4. The van der Waals surface area contributed by atoms with E-state index in [0.29, 0.717) is 24.4 Å². The summed E-state index contributed by atoms with van der Waals surface area (Å²) in [4.78, 5) is 4.28. The van der Waals surface area contributed by atoms with Crippen molar-refractivity contribution in [2.24, 2.45) is 0 Å². The van der Waals surface area contributed by atoms with Crippen LogP contribution in [0.2, 0.25) is 0 Å². The monoisotopic (exact) mass is 376 g/mol. The fourth-order valence-corrected chi connectivity index (χ4v) is 3.87. The van der Waals surface area contributed by atoms with Gasteiger partial charge in [-0.3, -0.25) is 0 Å². The quantitative estimate of drug-likeness (QED) is 0.826. The number of fused-ring (bicyclic) bond motifs is 1. The number of aromatic nitrogens is 3. The molecule has 0 unspecified atom stereocenters. The van der Waals surface area contributed by atoms with Crippen molar-refractivity contribution in [1.29, 1.82) is 0 Å². The Morgan fingerprint density at radius 1 is 1.28 bits per heavy atom. The molecule has 25 heavy (non-hydrogen) atoms. The fourth-order valence-electron chi connectivity index (χ4n) is 2.98. The summed E-state index contributed by atoms with van der Waals surface area (Å²) in [5.41, 5.74) is 0.0391. The minimum Gasteiger partial charge on any atom is -0.233 e. The van der Waals surface area contributed by atoms with Crippen molar-refractivity contribution in [2.75, 3.05) is 19.3 Å². The Morgan fingerprint density at radius 2 is 1.96 bits per heavy atom. The van der Waals surface area contributed by atoms with E-state index in [4.69, 9.17) is 0 Å². The Bertz CT molecular complexity index is 905. The highest BCUT2D eigenvalue weighted by Gasteiger charge is 2.37. The van der Waals surface area contributed by atoms with Crippen molar-refractivity contribution < 1.29 is 21.6 Å². The van der Waals surface area contributed by atoms with E-state index in [0.717, 1.165) is 16.8 Å². The van der Waals surface area contributed by atoms with Crippen molar-refractivity contribution in [3.8, 4) is 0 Å². The molecule has 0 amide bonds. The SMILES string of the molecule is CC(C)c1cc(C(F)(F)F)n2nc([C@H]3CCN(S(C)(=O)=O)C3)cc2n1. The summed E-state index contributed by atoms with van der Waals surface area (Å²) in [5, 5.41) is 4.09. The highest BCUT2D eigenvalue weighted by Crippen LogP contribution is 2.33. The molecule has 0 spiro atoms. The number of hydrogen-bond donors (Lipinski definition) is 0. The molecule has 0 aliphatic carbocycles. The van der Waals surface area contributed by atoms with E-state index in [9.17, 15) is 21.6 Å². The first kappa shape index (κ1) is 18.1. The second-order valence-electron chi connectivity index (χ2n) is 6.66. The smallest absolute Gasteiger partial charge is 0.233 e. The predicted octanol–water partition coefficient (Wildman–Crippen LogP) is 2.62. The maximum absolute atomic E-state index is 13.4. The largest absolute Gasteiger partial charge is 0.433 e. The fraction of sp³-hybridized carbons (Fsp3) is 0.600. The van der Waals surface area contributed by atoms with E-state index in [-0.39, 0.29) is 24.0 Å². The number of nitrogens with zero attached hydrogens (tertiary/aromatic N) is 4. The second-order valence-corrected chi connectivity index (χ2v) is 8.65. The first-order valence-electron chi connectivity index (χ1n) is 7.89. The lowest BCUT2D eigenvalue weighted by atomic mass is 10.1. The summed E-state index contributed by atoms with van der Waals surface area (Å²) in [7, 11) is -3.32. The van der Waals surface area contributed by atoms with Gasteiger partial charge in [0.05, 0.1) is 11.9 Å². The molecule has 1 atom stereocenters. The van der Waals surface area contributed by atoms with Crippen LogP contribution in [0.15, 0.2) is 12.1 Å². The minimum absolute atomic E-state index is 0.131. The van der Waals surface area contributed by atoms with Crippen molar-refractivity contribution in [2.45, 2.75) is 38.3 Å². The molecule has 0 radical (unpaired) electrons. The molecule has 0 aromatic carbocycles. The van der Waals surface area contributed by atoms with Gasteiger partial charge >= 0.3 is 6.18 Å². The van der Waals surface area contributed by atoms with Gasteiger partial charge < -0.3 is 0 Å². The first-order chi connectivity index (χ1) is 11.5. The van der Waals surface area contributed by atoms with E-state index >= 15 is 0 Å². The molecule has 3 rings (SSSR count). The van der Waals surface area contributed by atoms with Crippen molar-refractivity contribution in [3.63, 3.8) is 0 Å². The zero-order valence-corrected chi connectivity index (χ0v) is 14.9. The van der Waals surface area contributed by atoms with Crippen molar-refractivity contribution in [3.05, 3.63) is 29.2 Å². The minimum atomic E-state index is -4.55. The number of rotatable bonds is 3. The Balaban J connectivity index is 2.05. The van der Waals surface area contributed by atoms with Crippen LogP contribution < -0.4 is 0 Å². The van der Waals surface area contributed by atoms with Crippen LogP contribution in [0, 0.1) is 0 Å². The topological polar surface area (TPSA) is 67.6 Å². The van der Waals surface area contributed by atoms with Gasteiger partial charge in [-0.2, -0.15) is 18.3 Å². The molecular formula is C15H19F3N4O2S. The third-order valence-corrected chi connectivity index (χ3v) is 5.66. The van der Waals surface area contributed by atoms with Gasteiger partial charge in [0.1, 0.15) is 5.69 Å².